The van der Waals surface area contributed by atoms with Crippen LogP contribution in [0.1, 0.15) is 107 Å². The van der Waals surface area contributed by atoms with E-state index in [9.17, 15) is 5.21 Å². The topological polar surface area (TPSA) is 62.4 Å². The van der Waals surface area contributed by atoms with Crippen LogP contribution >= 0.6 is 0 Å². The van der Waals surface area contributed by atoms with E-state index in [2.05, 4.69) is 70.9 Å². The van der Waals surface area contributed by atoms with Gasteiger partial charge in [0.1, 0.15) is 0 Å². The molecule has 0 aliphatic carbocycles. The summed E-state index contributed by atoms with van der Waals surface area (Å²) in [4.78, 5) is 2.89. The van der Waals surface area contributed by atoms with Crippen LogP contribution in [0.25, 0.3) is 0 Å². The highest BCUT2D eigenvalue weighted by Crippen LogP contribution is 2.38. The van der Waals surface area contributed by atoms with E-state index in [0.717, 1.165) is 12.8 Å². The van der Waals surface area contributed by atoms with E-state index in [1.807, 2.05) is 5.48 Å². The van der Waals surface area contributed by atoms with Gasteiger partial charge in [0.2, 0.25) is 0 Å². The van der Waals surface area contributed by atoms with Crippen molar-refractivity contribution in [3.05, 3.63) is 5.21 Å². The highest BCUT2D eigenvalue weighted by Gasteiger charge is 2.45. The summed E-state index contributed by atoms with van der Waals surface area (Å²) in [6.07, 6.45) is 9.42. The Morgan fingerprint density at radius 2 is 1.07 bits per heavy atom. The maximum Gasteiger partial charge on any atom is 0.0145 e. The molecule has 5 heteroatoms. The van der Waals surface area contributed by atoms with Crippen molar-refractivity contribution >= 4 is 0 Å². The van der Waals surface area contributed by atoms with Gasteiger partial charge >= 0.3 is 0 Å². The fourth-order valence-corrected chi connectivity index (χ4v) is 6.51. The average molecular weight is 410 g/mol. The number of nitrogens with zero attached hydrogens (tertiary/aromatic N) is 1. The Labute approximate surface area is 180 Å². The van der Waals surface area contributed by atoms with Crippen LogP contribution in [0.3, 0.4) is 0 Å². The fraction of sp³-hybridized carbons (Fsp3) is 1.00. The van der Waals surface area contributed by atoms with Crippen LogP contribution in [0.2, 0.25) is 0 Å². The molecule has 0 amide bonds. The van der Waals surface area contributed by atoms with Gasteiger partial charge in [0.25, 0.3) is 0 Å². The number of hydrogen-bond acceptors (Lipinski definition) is 5. The molecule has 172 valence electrons. The van der Waals surface area contributed by atoms with Gasteiger partial charge in [-0.05, 0) is 107 Å². The Morgan fingerprint density at radius 1 is 0.690 bits per heavy atom. The van der Waals surface area contributed by atoms with Crippen molar-refractivity contribution in [2.75, 3.05) is 13.1 Å². The highest BCUT2D eigenvalue weighted by atomic mass is 16.5. The Balaban J connectivity index is 2.14. The van der Waals surface area contributed by atoms with E-state index in [-0.39, 0.29) is 22.2 Å². The largest absolute Gasteiger partial charge is 0.788 e. The Kier molecular flexibility index (Phi) is 8.23. The number of hydrogen-bond donors (Lipinski definition) is 3. The molecule has 0 unspecified atom stereocenters. The molecule has 29 heavy (non-hydrogen) atoms. The van der Waals surface area contributed by atoms with Gasteiger partial charge in [-0.15, -0.1) is 0 Å². The number of nitrogens with one attached hydrogen (secondary N) is 3. The maximum atomic E-state index is 10.5. The first-order valence-electron chi connectivity index (χ1n) is 11.9. The molecule has 3 N–H and O–H groups in total. The molecule has 5 nitrogen and oxygen atoms in total. The Bertz CT molecular complexity index is 445. The second-order valence-corrected chi connectivity index (χ2v) is 12.5. The van der Waals surface area contributed by atoms with Crippen LogP contribution in [-0.4, -0.2) is 52.2 Å². The number of unbranched alkanes of at least 4 members (excludes halogenated alkanes) is 3. The summed E-state index contributed by atoms with van der Waals surface area (Å²) in [5, 5.41) is 18.2. The van der Waals surface area contributed by atoms with Crippen LogP contribution in [0.15, 0.2) is 0 Å². The first-order chi connectivity index (χ1) is 13.2. The summed E-state index contributed by atoms with van der Waals surface area (Å²) in [6.45, 7) is 20.7. The molecule has 0 aromatic heterocycles. The third kappa shape index (κ3) is 8.10. The van der Waals surface area contributed by atoms with Gasteiger partial charge in [-0.25, -0.2) is 0 Å². The maximum absolute atomic E-state index is 10.5. The summed E-state index contributed by atoms with van der Waals surface area (Å²) < 4.78 is 0. The number of rotatable bonds is 9. The monoisotopic (exact) mass is 409 g/mol. The number of hydroxylamine groups is 1. The van der Waals surface area contributed by atoms with Gasteiger partial charge < -0.3 is 21.3 Å². The average Bonchev–Trinajstić information content (AvgIpc) is 2.47. The van der Waals surface area contributed by atoms with Crippen molar-refractivity contribution in [3.63, 3.8) is 0 Å². The molecule has 0 bridgehead atoms. The molecule has 2 aliphatic rings. The molecule has 2 heterocycles. The van der Waals surface area contributed by atoms with Gasteiger partial charge in [0.15, 0.2) is 0 Å². The van der Waals surface area contributed by atoms with E-state index in [0.29, 0.717) is 18.6 Å². The molecule has 0 saturated carbocycles. The normalized spacial score (nSPS) is 26.7. The van der Waals surface area contributed by atoms with E-state index < -0.39 is 0 Å². The van der Waals surface area contributed by atoms with Crippen molar-refractivity contribution in [3.8, 4) is 0 Å². The fourth-order valence-electron chi connectivity index (χ4n) is 6.51. The quantitative estimate of drug-likeness (QED) is 0.385. The van der Waals surface area contributed by atoms with Crippen molar-refractivity contribution in [2.45, 2.75) is 141 Å². The van der Waals surface area contributed by atoms with Gasteiger partial charge in [0.05, 0.1) is 0 Å². The lowest BCUT2D eigenvalue weighted by Crippen LogP contribution is -2.67. The van der Waals surface area contributed by atoms with Crippen LogP contribution in [0.4, 0.5) is 0 Å². The molecule has 2 aliphatic heterocycles. The second kappa shape index (κ2) is 9.52. The zero-order chi connectivity index (χ0) is 21.9. The van der Waals surface area contributed by atoms with Crippen molar-refractivity contribution in [1.29, 1.82) is 0 Å². The van der Waals surface area contributed by atoms with E-state index in [1.165, 1.54) is 45.1 Å². The third-order valence-electron chi connectivity index (χ3n) is 6.72. The zero-order valence-electron chi connectivity index (χ0n) is 20.6. The molecule has 2 saturated heterocycles. The predicted molar refractivity (Wildman–Crippen MR) is 125 cm³/mol. The van der Waals surface area contributed by atoms with Gasteiger partial charge in [0, 0.05) is 34.2 Å². The molecular weight excluding hydrogens is 360 g/mol. The first-order valence-corrected chi connectivity index (χ1v) is 11.9. The van der Waals surface area contributed by atoms with E-state index in [4.69, 9.17) is 0 Å². The zero-order valence-corrected chi connectivity index (χ0v) is 20.6. The summed E-state index contributed by atoms with van der Waals surface area (Å²) in [7, 11) is 0. The van der Waals surface area contributed by atoms with Crippen molar-refractivity contribution in [1.82, 2.24) is 21.0 Å². The molecule has 0 atom stereocenters. The molecule has 0 aromatic rings. The second-order valence-electron chi connectivity index (χ2n) is 12.5. The van der Waals surface area contributed by atoms with E-state index >= 15 is 0 Å². The molecule has 0 aromatic carbocycles. The first kappa shape index (κ1) is 25.1. The summed E-state index contributed by atoms with van der Waals surface area (Å²) in [6, 6.07) is 1.25. The minimum atomic E-state index is 0.169. The summed E-state index contributed by atoms with van der Waals surface area (Å²) in [5.74, 6) is 0. The lowest BCUT2D eigenvalue weighted by atomic mass is 9.75. The van der Waals surface area contributed by atoms with Gasteiger partial charge in [-0.1, -0.05) is 12.8 Å². The van der Waals surface area contributed by atoms with Gasteiger partial charge in [-0.3, -0.25) is 4.90 Å². The summed E-state index contributed by atoms with van der Waals surface area (Å²) >= 11 is 0. The Morgan fingerprint density at radius 3 is 1.45 bits per heavy atom. The minimum Gasteiger partial charge on any atom is -0.788 e. The summed E-state index contributed by atoms with van der Waals surface area (Å²) in [5.41, 5.74) is 2.71. The third-order valence-corrected chi connectivity index (χ3v) is 6.72. The van der Waals surface area contributed by atoms with Gasteiger partial charge in [-0.2, -0.15) is 0 Å². The van der Waals surface area contributed by atoms with Crippen LogP contribution in [0, 0.1) is 5.21 Å². The SMILES string of the molecule is CC1(C)CC(N(CCCCCCN[O-])C2CC(C)(C)NC(C)(C)C2)CC(C)(C)N1. The minimum absolute atomic E-state index is 0.169. The van der Waals surface area contributed by atoms with Crippen molar-refractivity contribution in [2.24, 2.45) is 0 Å². The molecule has 2 rings (SSSR count). The van der Waals surface area contributed by atoms with E-state index in [1.54, 1.807) is 0 Å². The van der Waals surface area contributed by atoms with Crippen LogP contribution in [-0.2, 0) is 0 Å². The van der Waals surface area contributed by atoms with Crippen LogP contribution < -0.4 is 16.1 Å². The molecule has 0 radical (unpaired) electrons. The standard InChI is InChI=1S/C24H49N4O/c1-21(2)15-19(16-22(3,4)26-21)28(14-12-10-9-11-13-25-29)20-17-23(5,6)27-24(7,8)18-20/h19-20,25-27H,9-18H2,1-8H3/q-1. The lowest BCUT2D eigenvalue weighted by molar-refractivity contribution is -0.00297. The molecular formula is C24H49N4O-. The van der Waals surface area contributed by atoms with Crippen molar-refractivity contribution < 1.29 is 0 Å². The number of piperidine rings is 2. The molecule has 0 spiro atoms. The van der Waals surface area contributed by atoms with Crippen LogP contribution in [0.5, 0.6) is 0 Å². The smallest absolute Gasteiger partial charge is 0.0145 e. The lowest BCUT2D eigenvalue weighted by Gasteiger charge is -2.55. The Hall–Kier alpha value is -0.200. The predicted octanol–water partition coefficient (Wildman–Crippen LogP) is 4.55. The highest BCUT2D eigenvalue weighted by molar-refractivity contribution is 5.05. The molecule has 2 fully saturated rings.